The van der Waals surface area contributed by atoms with Crippen LogP contribution < -0.4 is 10.5 Å². The minimum Gasteiger partial charge on any atom is -0.496 e. The van der Waals surface area contributed by atoms with E-state index in [-0.39, 0.29) is 0 Å². The monoisotopic (exact) mass is 343 g/mol. The second-order valence-corrected chi connectivity index (χ2v) is 5.90. The van der Waals surface area contributed by atoms with Crippen LogP contribution in [0.4, 0.5) is 5.82 Å². The predicted molar refractivity (Wildman–Crippen MR) is 85.1 cm³/mol. The van der Waals surface area contributed by atoms with Gasteiger partial charge in [-0.05, 0) is 43.0 Å². The first-order valence-electron chi connectivity index (χ1n) is 6.71. The molecule has 0 saturated heterocycles. The van der Waals surface area contributed by atoms with Crippen molar-refractivity contribution in [3.05, 3.63) is 39.5 Å². The lowest BCUT2D eigenvalue weighted by Gasteiger charge is -2.15. The van der Waals surface area contributed by atoms with Crippen LogP contribution in [0.3, 0.4) is 0 Å². The zero-order valence-electron chi connectivity index (χ0n) is 11.6. The van der Waals surface area contributed by atoms with Gasteiger partial charge in [0.15, 0.2) is 0 Å². The largest absolute Gasteiger partial charge is 0.496 e. The molecule has 21 heavy (non-hydrogen) atoms. The highest BCUT2D eigenvalue weighted by atomic mass is 79.9. The number of rotatable bonds is 2. The Morgan fingerprint density at radius 1 is 1.38 bits per heavy atom. The number of hydrogen-bond acceptors (Lipinski definition) is 4. The van der Waals surface area contributed by atoms with Gasteiger partial charge in [-0.1, -0.05) is 15.9 Å². The summed E-state index contributed by atoms with van der Waals surface area (Å²) in [5.74, 6) is 1.03. The average molecular weight is 344 g/mol. The Morgan fingerprint density at radius 2 is 2.19 bits per heavy atom. The van der Waals surface area contributed by atoms with Gasteiger partial charge in [0.1, 0.15) is 23.2 Å². The third-order valence-electron chi connectivity index (χ3n) is 3.79. The third kappa shape index (κ3) is 2.26. The number of halogens is 1. The molecule has 1 aliphatic rings. The van der Waals surface area contributed by atoms with E-state index in [0.29, 0.717) is 11.4 Å². The van der Waals surface area contributed by atoms with Crippen molar-refractivity contribution in [2.75, 3.05) is 12.8 Å². The third-order valence-corrected chi connectivity index (χ3v) is 4.29. The summed E-state index contributed by atoms with van der Waals surface area (Å²) in [5.41, 5.74) is 10.3. The smallest absolute Gasteiger partial charge is 0.142 e. The molecule has 2 N–H and O–H groups in total. The molecule has 3 rings (SSSR count). The van der Waals surface area contributed by atoms with E-state index in [4.69, 9.17) is 10.5 Å². The fraction of sp³-hybridized carbons (Fsp3) is 0.250. The van der Waals surface area contributed by atoms with Crippen LogP contribution in [0, 0.1) is 11.3 Å². The molecule has 0 fully saturated rings. The van der Waals surface area contributed by atoms with Gasteiger partial charge in [-0.25, -0.2) is 4.98 Å². The van der Waals surface area contributed by atoms with Crippen LogP contribution in [0.5, 0.6) is 5.75 Å². The van der Waals surface area contributed by atoms with Gasteiger partial charge in [-0.2, -0.15) is 5.26 Å². The highest BCUT2D eigenvalue weighted by molar-refractivity contribution is 9.10. The van der Waals surface area contributed by atoms with Gasteiger partial charge in [0.05, 0.1) is 7.11 Å². The number of hydrogen-bond donors (Lipinski definition) is 1. The van der Waals surface area contributed by atoms with E-state index in [1.165, 1.54) is 0 Å². The van der Waals surface area contributed by atoms with Crippen molar-refractivity contribution in [1.82, 2.24) is 4.98 Å². The van der Waals surface area contributed by atoms with Gasteiger partial charge < -0.3 is 10.5 Å². The number of benzene rings is 1. The molecule has 0 aliphatic heterocycles. The van der Waals surface area contributed by atoms with Crippen molar-refractivity contribution in [3.8, 4) is 22.9 Å². The molecule has 5 heteroatoms. The van der Waals surface area contributed by atoms with Crippen molar-refractivity contribution in [3.63, 3.8) is 0 Å². The van der Waals surface area contributed by atoms with Gasteiger partial charge in [-0.15, -0.1) is 0 Å². The zero-order chi connectivity index (χ0) is 15.0. The molecule has 0 saturated carbocycles. The first-order valence-corrected chi connectivity index (χ1v) is 7.50. The molecule has 0 radical (unpaired) electrons. The Morgan fingerprint density at radius 3 is 2.90 bits per heavy atom. The van der Waals surface area contributed by atoms with E-state index < -0.39 is 0 Å². The number of nitrogens with two attached hydrogens (primary N) is 1. The Hall–Kier alpha value is -2.06. The highest BCUT2D eigenvalue weighted by Gasteiger charge is 2.25. The van der Waals surface area contributed by atoms with Crippen LogP contribution in [0.1, 0.15) is 23.2 Å². The molecule has 1 aromatic carbocycles. The van der Waals surface area contributed by atoms with Crippen LogP contribution in [0.15, 0.2) is 22.7 Å². The van der Waals surface area contributed by atoms with Gasteiger partial charge in [-0.3, -0.25) is 0 Å². The molecular weight excluding hydrogens is 330 g/mol. The van der Waals surface area contributed by atoms with Crippen LogP contribution >= 0.6 is 15.9 Å². The topological polar surface area (TPSA) is 71.9 Å². The predicted octanol–water partition coefficient (Wildman–Crippen LogP) is 3.46. The maximum Gasteiger partial charge on any atom is 0.142 e. The maximum atomic E-state index is 9.50. The van der Waals surface area contributed by atoms with Crippen molar-refractivity contribution >= 4 is 21.7 Å². The molecule has 0 bridgehead atoms. The molecule has 1 aromatic heterocycles. The molecule has 4 nitrogen and oxygen atoms in total. The first kappa shape index (κ1) is 13.9. The zero-order valence-corrected chi connectivity index (χ0v) is 13.2. The summed E-state index contributed by atoms with van der Waals surface area (Å²) in [4.78, 5) is 4.39. The number of aromatic nitrogens is 1. The maximum absolute atomic E-state index is 9.50. The van der Waals surface area contributed by atoms with Gasteiger partial charge in [0, 0.05) is 21.3 Å². The molecule has 0 amide bonds. The number of aryl methyl sites for hydroxylation is 1. The van der Waals surface area contributed by atoms with Gasteiger partial charge in [0.2, 0.25) is 0 Å². The number of ether oxygens (including phenoxy) is 1. The van der Waals surface area contributed by atoms with Gasteiger partial charge in [0.25, 0.3) is 0 Å². The second kappa shape index (κ2) is 5.38. The fourth-order valence-corrected chi connectivity index (χ4v) is 3.25. The standard InChI is InChI=1S/C16H14BrN3O/c1-21-14-6-5-9(17)7-11(14)15-10-3-2-4-13(10)20-16(19)12(15)8-18/h5-7H,2-4H2,1H3,(H2,19,20). The van der Waals surface area contributed by atoms with Crippen molar-refractivity contribution in [2.45, 2.75) is 19.3 Å². The summed E-state index contributed by atoms with van der Waals surface area (Å²) in [6.45, 7) is 0. The van der Waals surface area contributed by atoms with E-state index in [1.807, 2.05) is 18.2 Å². The number of pyridine rings is 1. The normalized spacial score (nSPS) is 12.8. The Labute approximate surface area is 131 Å². The number of anilines is 1. The number of fused-ring (bicyclic) bond motifs is 1. The molecule has 106 valence electrons. The van der Waals surface area contributed by atoms with Crippen LogP contribution in [-0.2, 0) is 12.8 Å². The van der Waals surface area contributed by atoms with E-state index >= 15 is 0 Å². The van der Waals surface area contributed by atoms with Crippen molar-refractivity contribution in [2.24, 2.45) is 0 Å². The molecule has 1 heterocycles. The second-order valence-electron chi connectivity index (χ2n) is 4.98. The Balaban J connectivity index is 2.38. The minimum absolute atomic E-state index is 0.301. The van der Waals surface area contributed by atoms with E-state index in [9.17, 15) is 5.26 Å². The SMILES string of the molecule is COc1ccc(Br)cc1-c1c(C#N)c(N)nc2c1CCC2. The van der Waals surface area contributed by atoms with Crippen LogP contribution in [-0.4, -0.2) is 12.1 Å². The Kier molecular flexibility index (Phi) is 3.56. The molecule has 2 aromatic rings. The summed E-state index contributed by atoms with van der Waals surface area (Å²) in [6, 6.07) is 7.97. The molecule has 0 spiro atoms. The summed E-state index contributed by atoms with van der Waals surface area (Å²) in [6.07, 6.45) is 2.87. The number of nitrogens with zero attached hydrogens (tertiary/aromatic N) is 2. The lowest BCUT2D eigenvalue weighted by Crippen LogP contribution is -2.04. The lowest BCUT2D eigenvalue weighted by atomic mass is 9.94. The number of nitrogen functional groups attached to an aromatic ring is 1. The number of nitriles is 1. The fourth-order valence-electron chi connectivity index (χ4n) is 2.89. The van der Waals surface area contributed by atoms with Crippen molar-refractivity contribution in [1.29, 1.82) is 5.26 Å². The summed E-state index contributed by atoms with van der Waals surface area (Å²) < 4.78 is 6.40. The van der Waals surface area contributed by atoms with Crippen LogP contribution in [0.2, 0.25) is 0 Å². The lowest BCUT2D eigenvalue weighted by molar-refractivity contribution is 0.416. The summed E-state index contributed by atoms with van der Waals surface area (Å²) in [7, 11) is 1.63. The van der Waals surface area contributed by atoms with Crippen LogP contribution in [0.25, 0.3) is 11.1 Å². The molecular formula is C16H14BrN3O. The Bertz CT molecular complexity index is 764. The number of methoxy groups -OCH3 is 1. The quantitative estimate of drug-likeness (QED) is 0.906. The van der Waals surface area contributed by atoms with E-state index in [1.54, 1.807) is 7.11 Å². The van der Waals surface area contributed by atoms with E-state index in [0.717, 1.165) is 51.9 Å². The molecule has 0 unspecified atom stereocenters. The molecule has 1 aliphatic carbocycles. The van der Waals surface area contributed by atoms with E-state index in [2.05, 4.69) is 27.0 Å². The minimum atomic E-state index is 0.301. The van der Waals surface area contributed by atoms with Gasteiger partial charge >= 0.3 is 0 Å². The highest BCUT2D eigenvalue weighted by Crippen LogP contribution is 2.41. The van der Waals surface area contributed by atoms with Crippen molar-refractivity contribution < 1.29 is 4.74 Å². The average Bonchev–Trinajstić information content (AvgIpc) is 2.93. The first-order chi connectivity index (χ1) is 10.2. The summed E-state index contributed by atoms with van der Waals surface area (Å²) >= 11 is 3.48. The molecule has 0 atom stereocenters. The summed E-state index contributed by atoms with van der Waals surface area (Å²) in [5, 5.41) is 9.50.